The smallest absolute Gasteiger partial charge is 0.314 e. The number of carbonyl (C=O) groups excluding carboxylic acids is 1. The van der Waals surface area contributed by atoms with E-state index in [4.69, 9.17) is 10.7 Å². The summed E-state index contributed by atoms with van der Waals surface area (Å²) in [4.78, 5) is 17.7. The molecule has 0 radical (unpaired) electrons. The number of fused-ring (bicyclic) bond motifs is 1. The van der Waals surface area contributed by atoms with Crippen molar-refractivity contribution in [2.45, 2.75) is 45.1 Å². The van der Waals surface area contributed by atoms with Crippen molar-refractivity contribution in [1.82, 2.24) is 14.5 Å². The lowest BCUT2D eigenvalue weighted by atomic mass is 9.96. The zero-order valence-corrected chi connectivity index (χ0v) is 15.0. The lowest BCUT2D eigenvalue weighted by Gasteiger charge is -2.31. The second kappa shape index (κ2) is 6.00. The number of aromatic nitrogens is 2. The van der Waals surface area contributed by atoms with E-state index in [1.165, 1.54) is 0 Å². The third kappa shape index (κ3) is 3.18. The molecule has 2 heterocycles. The van der Waals surface area contributed by atoms with Crippen LogP contribution in [0.2, 0.25) is 0 Å². The van der Waals surface area contributed by atoms with Crippen molar-refractivity contribution >= 4 is 22.8 Å². The van der Waals surface area contributed by atoms with Gasteiger partial charge in [-0.15, -0.1) is 0 Å². The molecule has 0 atom stereocenters. The average molecular weight is 329 g/mol. The summed E-state index contributed by atoms with van der Waals surface area (Å²) in [6.45, 7) is 7.97. The van der Waals surface area contributed by atoms with Gasteiger partial charge < -0.3 is 20.5 Å². The molecular weight excluding hydrogens is 302 g/mol. The number of carbonyl (C=O) groups is 1. The van der Waals surface area contributed by atoms with Crippen molar-refractivity contribution < 1.29 is 4.79 Å². The van der Waals surface area contributed by atoms with Gasteiger partial charge in [-0.1, -0.05) is 20.8 Å². The lowest BCUT2D eigenvalue weighted by molar-refractivity contribution is 0.193. The van der Waals surface area contributed by atoms with Gasteiger partial charge in [0, 0.05) is 37.3 Å². The molecule has 2 aromatic rings. The van der Waals surface area contributed by atoms with Crippen molar-refractivity contribution in [3.8, 4) is 0 Å². The van der Waals surface area contributed by atoms with Gasteiger partial charge in [0.2, 0.25) is 0 Å². The zero-order chi connectivity index (χ0) is 17.5. The summed E-state index contributed by atoms with van der Waals surface area (Å²) < 4.78 is 2.17. The minimum Gasteiger partial charge on any atom is -0.382 e. The molecule has 1 saturated heterocycles. The van der Waals surface area contributed by atoms with Crippen LogP contribution in [0, 0.1) is 0 Å². The number of aryl methyl sites for hydroxylation is 1. The molecule has 2 amide bonds. The average Bonchev–Trinajstić information content (AvgIpc) is 2.84. The SMILES string of the molecule is Cn1c(C(C)(C)C)nc2cc(NC3CCN(C(N)=O)CC3)ccc21. The maximum Gasteiger partial charge on any atom is 0.314 e. The van der Waals surface area contributed by atoms with Gasteiger partial charge in [0.15, 0.2) is 0 Å². The number of likely N-dealkylation sites (tertiary alicyclic amines) is 1. The second-order valence-electron chi connectivity index (χ2n) is 7.69. The zero-order valence-electron chi connectivity index (χ0n) is 15.0. The largest absolute Gasteiger partial charge is 0.382 e. The number of hydrogen-bond acceptors (Lipinski definition) is 3. The Morgan fingerprint density at radius 1 is 1.29 bits per heavy atom. The number of rotatable bonds is 2. The van der Waals surface area contributed by atoms with E-state index in [9.17, 15) is 4.79 Å². The van der Waals surface area contributed by atoms with E-state index >= 15 is 0 Å². The van der Waals surface area contributed by atoms with Gasteiger partial charge in [0.1, 0.15) is 5.82 Å². The fourth-order valence-corrected chi connectivity index (χ4v) is 3.44. The topological polar surface area (TPSA) is 76.2 Å². The number of benzene rings is 1. The van der Waals surface area contributed by atoms with Crippen LogP contribution in [-0.4, -0.2) is 39.6 Å². The molecule has 0 aliphatic carbocycles. The first-order chi connectivity index (χ1) is 11.3. The Morgan fingerprint density at radius 2 is 1.96 bits per heavy atom. The molecule has 6 heteroatoms. The van der Waals surface area contributed by atoms with Gasteiger partial charge in [-0.25, -0.2) is 9.78 Å². The van der Waals surface area contributed by atoms with E-state index in [0.29, 0.717) is 19.1 Å². The van der Waals surface area contributed by atoms with E-state index in [2.05, 4.69) is 55.9 Å². The molecule has 130 valence electrons. The van der Waals surface area contributed by atoms with Crippen molar-refractivity contribution in [2.75, 3.05) is 18.4 Å². The number of imidazole rings is 1. The maximum atomic E-state index is 11.2. The number of urea groups is 1. The molecule has 1 aromatic heterocycles. The molecule has 1 aliphatic rings. The molecule has 1 fully saturated rings. The normalized spacial score (nSPS) is 16.6. The van der Waals surface area contributed by atoms with Crippen LogP contribution in [0.25, 0.3) is 11.0 Å². The number of nitrogens with one attached hydrogen (secondary N) is 1. The maximum absolute atomic E-state index is 11.2. The Bertz CT molecular complexity index is 751. The van der Waals surface area contributed by atoms with Crippen LogP contribution in [0.1, 0.15) is 39.4 Å². The van der Waals surface area contributed by atoms with Gasteiger partial charge in [0.05, 0.1) is 11.0 Å². The molecule has 3 N–H and O–H groups in total. The van der Waals surface area contributed by atoms with Crippen LogP contribution in [0.4, 0.5) is 10.5 Å². The highest BCUT2D eigenvalue weighted by atomic mass is 16.2. The highest BCUT2D eigenvalue weighted by molar-refractivity contribution is 5.80. The van der Waals surface area contributed by atoms with Crippen LogP contribution in [0.3, 0.4) is 0 Å². The van der Waals surface area contributed by atoms with Crippen LogP contribution < -0.4 is 11.1 Å². The Balaban J connectivity index is 1.76. The first-order valence-corrected chi connectivity index (χ1v) is 8.53. The van der Waals surface area contributed by atoms with Gasteiger partial charge >= 0.3 is 6.03 Å². The van der Waals surface area contributed by atoms with Gasteiger partial charge in [0.25, 0.3) is 0 Å². The second-order valence-corrected chi connectivity index (χ2v) is 7.69. The number of nitrogens with zero attached hydrogens (tertiary/aromatic N) is 3. The Morgan fingerprint density at radius 3 is 2.54 bits per heavy atom. The summed E-state index contributed by atoms with van der Waals surface area (Å²) in [5.41, 5.74) is 8.60. The Kier molecular flexibility index (Phi) is 4.15. The third-order valence-corrected chi connectivity index (χ3v) is 4.73. The molecule has 0 spiro atoms. The predicted octanol–water partition coefficient (Wildman–Crippen LogP) is 2.83. The molecule has 0 bridgehead atoms. The summed E-state index contributed by atoms with van der Waals surface area (Å²) in [6.07, 6.45) is 1.83. The summed E-state index contributed by atoms with van der Waals surface area (Å²) in [5, 5.41) is 3.57. The van der Waals surface area contributed by atoms with Gasteiger partial charge in [-0.05, 0) is 31.0 Å². The summed E-state index contributed by atoms with van der Waals surface area (Å²) in [7, 11) is 2.07. The fraction of sp³-hybridized carbons (Fsp3) is 0.556. The van der Waals surface area contributed by atoms with Crippen LogP contribution in [-0.2, 0) is 12.5 Å². The van der Waals surface area contributed by atoms with Crippen molar-refractivity contribution in [1.29, 1.82) is 0 Å². The number of hydrogen-bond donors (Lipinski definition) is 2. The number of amides is 2. The third-order valence-electron chi connectivity index (χ3n) is 4.73. The number of primary amides is 1. The van der Waals surface area contributed by atoms with E-state index in [0.717, 1.165) is 35.4 Å². The number of nitrogens with two attached hydrogens (primary N) is 1. The molecule has 0 unspecified atom stereocenters. The first kappa shape index (κ1) is 16.6. The van der Waals surface area contributed by atoms with Crippen molar-refractivity contribution in [3.05, 3.63) is 24.0 Å². The molecule has 3 rings (SSSR count). The van der Waals surface area contributed by atoms with Gasteiger partial charge in [-0.3, -0.25) is 0 Å². The molecular formula is C18H27N5O. The summed E-state index contributed by atoms with van der Waals surface area (Å²) in [6, 6.07) is 6.39. The fourth-order valence-electron chi connectivity index (χ4n) is 3.44. The molecule has 1 aromatic carbocycles. The van der Waals surface area contributed by atoms with E-state index in [1.54, 1.807) is 4.90 Å². The Hall–Kier alpha value is -2.24. The first-order valence-electron chi connectivity index (χ1n) is 8.53. The minimum atomic E-state index is -0.321. The molecule has 1 aliphatic heterocycles. The molecule has 0 saturated carbocycles. The van der Waals surface area contributed by atoms with E-state index in [1.807, 2.05) is 0 Å². The van der Waals surface area contributed by atoms with Crippen LogP contribution in [0.5, 0.6) is 0 Å². The highest BCUT2D eigenvalue weighted by Crippen LogP contribution is 2.27. The standard InChI is InChI=1S/C18H27N5O/c1-18(2,3)16-21-14-11-13(5-6-15(14)22(16)4)20-12-7-9-23(10-8-12)17(19)24/h5-6,11-12,20H,7-10H2,1-4H3,(H2,19,24). The number of piperidine rings is 1. The quantitative estimate of drug-likeness (QED) is 0.889. The van der Waals surface area contributed by atoms with Gasteiger partial charge in [-0.2, -0.15) is 0 Å². The Labute approximate surface area is 143 Å². The van der Waals surface area contributed by atoms with E-state index < -0.39 is 0 Å². The molecule has 6 nitrogen and oxygen atoms in total. The summed E-state index contributed by atoms with van der Waals surface area (Å²) >= 11 is 0. The predicted molar refractivity (Wildman–Crippen MR) is 97.2 cm³/mol. The van der Waals surface area contributed by atoms with Crippen LogP contribution in [0.15, 0.2) is 18.2 Å². The minimum absolute atomic E-state index is 0.0168. The monoisotopic (exact) mass is 329 g/mol. The van der Waals surface area contributed by atoms with Crippen molar-refractivity contribution in [3.63, 3.8) is 0 Å². The van der Waals surface area contributed by atoms with E-state index in [-0.39, 0.29) is 11.4 Å². The number of anilines is 1. The summed E-state index contributed by atoms with van der Waals surface area (Å²) in [5.74, 6) is 1.09. The van der Waals surface area contributed by atoms with Crippen molar-refractivity contribution in [2.24, 2.45) is 12.8 Å². The van der Waals surface area contributed by atoms with Crippen LogP contribution >= 0.6 is 0 Å². The molecule has 24 heavy (non-hydrogen) atoms. The lowest BCUT2D eigenvalue weighted by Crippen LogP contribution is -2.44. The highest BCUT2D eigenvalue weighted by Gasteiger charge is 2.23.